The molecule has 2 atom stereocenters. The van der Waals surface area contributed by atoms with Crippen molar-refractivity contribution >= 4 is 28.1 Å². The summed E-state index contributed by atoms with van der Waals surface area (Å²) in [4.78, 5) is 35.9. The molecule has 228 valence electrons. The van der Waals surface area contributed by atoms with E-state index in [1.165, 1.54) is 29.4 Å². The van der Waals surface area contributed by atoms with Crippen LogP contribution in [0.2, 0.25) is 0 Å². The Balaban J connectivity index is 1.45. The summed E-state index contributed by atoms with van der Waals surface area (Å²) in [6.45, 7) is 4.71. The molecule has 12 heteroatoms. The first-order chi connectivity index (χ1) is 20.4. The summed E-state index contributed by atoms with van der Waals surface area (Å²) < 4.78 is 44.8. The third-order valence-electron chi connectivity index (χ3n) is 6.81. The summed E-state index contributed by atoms with van der Waals surface area (Å²) in [5.74, 6) is -1.76. The molecular formula is C31H34N2O9S. The van der Waals surface area contributed by atoms with Gasteiger partial charge in [0.1, 0.15) is 11.8 Å². The zero-order valence-corrected chi connectivity index (χ0v) is 24.8. The van der Waals surface area contributed by atoms with Crippen LogP contribution in [0.3, 0.4) is 0 Å². The van der Waals surface area contributed by atoms with Gasteiger partial charge in [-0.15, -0.1) is 0 Å². The van der Waals surface area contributed by atoms with Crippen molar-refractivity contribution in [3.8, 4) is 5.75 Å². The Morgan fingerprint density at radius 3 is 2.14 bits per heavy atom. The lowest BCUT2D eigenvalue weighted by Gasteiger charge is -2.48. The maximum absolute atomic E-state index is 13.6. The summed E-state index contributed by atoms with van der Waals surface area (Å²) in [6.07, 6.45) is -2.56. The Bertz CT molecular complexity index is 1540. The molecule has 0 radical (unpaired) electrons. The van der Waals surface area contributed by atoms with E-state index in [0.29, 0.717) is 11.3 Å². The van der Waals surface area contributed by atoms with Gasteiger partial charge in [0.2, 0.25) is 16.3 Å². The lowest BCUT2D eigenvalue weighted by molar-refractivity contribution is -0.169. The molecule has 1 unspecified atom stereocenters. The van der Waals surface area contributed by atoms with Crippen molar-refractivity contribution in [3.63, 3.8) is 0 Å². The highest BCUT2D eigenvalue weighted by Crippen LogP contribution is 2.40. The summed E-state index contributed by atoms with van der Waals surface area (Å²) >= 11 is 0. The minimum Gasteiger partial charge on any atom is -0.480 e. The standard InChI is InChI=1S/C31H34N2O9S/c1-21(2)29(36)40-22(3)41-30(37)32-27(28(34)35)18-23-11-10-16-26(17-23)43(38,39)33-19-31(20-33,24-12-6-4-7-13-24)42-25-14-8-5-9-15-25/h4-17,21-22,27H,18-20H2,1-3H3,(H,32,37)(H,34,35)/t22?,27-/m0/s1. The fourth-order valence-electron chi connectivity index (χ4n) is 4.52. The maximum atomic E-state index is 13.6. The van der Waals surface area contributed by atoms with Gasteiger partial charge in [0.05, 0.1) is 23.9 Å². The van der Waals surface area contributed by atoms with Gasteiger partial charge < -0.3 is 24.6 Å². The number of para-hydroxylation sites is 1. The summed E-state index contributed by atoms with van der Waals surface area (Å²) in [5, 5.41) is 11.9. The number of alkyl carbamates (subject to hydrolysis) is 1. The number of carbonyl (C=O) groups is 3. The number of amides is 1. The van der Waals surface area contributed by atoms with Gasteiger partial charge in [0, 0.05) is 13.3 Å². The minimum atomic E-state index is -3.96. The lowest BCUT2D eigenvalue weighted by Crippen LogP contribution is -2.64. The highest BCUT2D eigenvalue weighted by molar-refractivity contribution is 7.89. The Labute approximate surface area is 250 Å². The Morgan fingerprint density at radius 2 is 1.53 bits per heavy atom. The molecule has 3 aromatic rings. The van der Waals surface area contributed by atoms with Crippen molar-refractivity contribution in [2.75, 3.05) is 13.1 Å². The molecule has 1 aliphatic rings. The summed E-state index contributed by atoms with van der Waals surface area (Å²) in [7, 11) is -3.96. The largest absolute Gasteiger partial charge is 0.480 e. The first kappa shape index (κ1) is 31.5. The van der Waals surface area contributed by atoms with E-state index < -0.39 is 51.9 Å². The van der Waals surface area contributed by atoms with Crippen LogP contribution in [0.5, 0.6) is 5.75 Å². The average molecular weight is 611 g/mol. The molecule has 1 saturated heterocycles. The van der Waals surface area contributed by atoms with E-state index in [9.17, 15) is 27.9 Å². The van der Waals surface area contributed by atoms with Crippen molar-refractivity contribution in [1.82, 2.24) is 9.62 Å². The zero-order valence-electron chi connectivity index (χ0n) is 24.0. The van der Waals surface area contributed by atoms with E-state index in [4.69, 9.17) is 14.2 Å². The van der Waals surface area contributed by atoms with Crippen molar-refractivity contribution in [2.45, 2.75) is 50.0 Å². The van der Waals surface area contributed by atoms with Crippen LogP contribution in [0.4, 0.5) is 4.79 Å². The van der Waals surface area contributed by atoms with Crippen LogP contribution in [0, 0.1) is 5.92 Å². The van der Waals surface area contributed by atoms with Gasteiger partial charge in [-0.1, -0.05) is 74.5 Å². The van der Waals surface area contributed by atoms with Crippen LogP contribution < -0.4 is 10.1 Å². The van der Waals surface area contributed by atoms with Crippen molar-refractivity contribution in [3.05, 3.63) is 96.1 Å². The van der Waals surface area contributed by atoms with Crippen LogP contribution in [0.25, 0.3) is 0 Å². The molecule has 1 aliphatic heterocycles. The predicted molar refractivity (Wildman–Crippen MR) is 156 cm³/mol. The Morgan fingerprint density at radius 1 is 0.907 bits per heavy atom. The molecular weight excluding hydrogens is 576 g/mol. The molecule has 2 N–H and O–H groups in total. The molecule has 43 heavy (non-hydrogen) atoms. The topological polar surface area (TPSA) is 149 Å². The summed E-state index contributed by atoms with van der Waals surface area (Å²) in [6, 6.07) is 23.0. The third kappa shape index (κ3) is 7.70. The van der Waals surface area contributed by atoms with E-state index in [1.54, 1.807) is 19.9 Å². The highest BCUT2D eigenvalue weighted by atomic mass is 32.2. The van der Waals surface area contributed by atoms with Crippen LogP contribution in [-0.4, -0.2) is 61.3 Å². The third-order valence-corrected chi connectivity index (χ3v) is 8.60. The zero-order chi connectivity index (χ0) is 31.2. The molecule has 0 bridgehead atoms. The molecule has 1 fully saturated rings. The normalized spacial score (nSPS) is 15.9. The van der Waals surface area contributed by atoms with Crippen LogP contribution in [0.1, 0.15) is 31.9 Å². The van der Waals surface area contributed by atoms with Gasteiger partial charge in [-0.2, -0.15) is 4.31 Å². The first-order valence-electron chi connectivity index (χ1n) is 13.7. The van der Waals surface area contributed by atoms with E-state index in [0.717, 1.165) is 5.56 Å². The molecule has 3 aromatic carbocycles. The number of ether oxygens (including phenoxy) is 3. The molecule has 0 aliphatic carbocycles. The Kier molecular flexibility index (Phi) is 9.72. The number of benzene rings is 3. The second-order valence-corrected chi connectivity index (χ2v) is 12.4. The number of carbonyl (C=O) groups excluding carboxylic acids is 2. The quantitative estimate of drug-likeness (QED) is 0.230. The molecule has 0 saturated carbocycles. The molecule has 1 heterocycles. The monoisotopic (exact) mass is 610 g/mol. The molecule has 11 nitrogen and oxygen atoms in total. The first-order valence-corrected chi connectivity index (χ1v) is 15.1. The number of hydrogen-bond donors (Lipinski definition) is 2. The van der Waals surface area contributed by atoms with Crippen molar-refractivity contribution < 1.29 is 42.1 Å². The van der Waals surface area contributed by atoms with Gasteiger partial charge in [-0.25, -0.2) is 18.0 Å². The summed E-state index contributed by atoms with van der Waals surface area (Å²) in [5.41, 5.74) is 0.324. The average Bonchev–Trinajstić information content (AvgIpc) is 2.95. The number of nitrogens with one attached hydrogen (secondary N) is 1. The van der Waals surface area contributed by atoms with Gasteiger partial charge in [-0.05, 0) is 35.4 Å². The van der Waals surface area contributed by atoms with Gasteiger partial charge >= 0.3 is 18.0 Å². The number of nitrogens with zero attached hydrogens (tertiary/aromatic N) is 1. The second kappa shape index (κ2) is 13.3. The second-order valence-electron chi connectivity index (χ2n) is 10.5. The number of aliphatic carboxylic acids is 1. The number of rotatable bonds is 12. The van der Waals surface area contributed by atoms with E-state index in [1.807, 2.05) is 60.7 Å². The number of carboxylic acids is 1. The van der Waals surface area contributed by atoms with Gasteiger partial charge in [0.15, 0.2) is 5.60 Å². The van der Waals surface area contributed by atoms with Gasteiger partial charge in [0.25, 0.3) is 0 Å². The minimum absolute atomic E-state index is 0.0210. The maximum Gasteiger partial charge on any atom is 0.410 e. The fourth-order valence-corrected chi connectivity index (χ4v) is 6.13. The van der Waals surface area contributed by atoms with E-state index in [2.05, 4.69) is 5.32 Å². The Hall–Kier alpha value is -4.42. The van der Waals surface area contributed by atoms with Crippen molar-refractivity contribution in [2.24, 2.45) is 5.92 Å². The number of carboxylic acid groups (broad SMARTS) is 1. The number of esters is 1. The highest BCUT2D eigenvalue weighted by Gasteiger charge is 2.52. The molecule has 4 rings (SSSR count). The molecule has 0 spiro atoms. The lowest BCUT2D eigenvalue weighted by atomic mass is 9.87. The SMILES string of the molecule is CC(OC(=O)N[C@@H](Cc1cccc(S(=O)(=O)N2CC(Oc3ccccc3)(c3ccccc3)C2)c1)C(=O)O)OC(=O)C(C)C. The number of hydrogen-bond acceptors (Lipinski definition) is 8. The number of sulfonamides is 1. The van der Waals surface area contributed by atoms with E-state index >= 15 is 0 Å². The fraction of sp³-hybridized carbons (Fsp3) is 0.323. The van der Waals surface area contributed by atoms with Crippen LogP contribution in [0.15, 0.2) is 89.8 Å². The smallest absolute Gasteiger partial charge is 0.410 e. The van der Waals surface area contributed by atoms with Crippen LogP contribution >= 0.6 is 0 Å². The van der Waals surface area contributed by atoms with E-state index in [-0.39, 0.29) is 24.4 Å². The predicted octanol–water partition coefficient (Wildman–Crippen LogP) is 3.93. The van der Waals surface area contributed by atoms with Gasteiger partial charge in [-0.3, -0.25) is 4.79 Å². The van der Waals surface area contributed by atoms with Crippen LogP contribution in [-0.2, 0) is 41.1 Å². The van der Waals surface area contributed by atoms with Crippen molar-refractivity contribution in [1.29, 1.82) is 0 Å². The molecule has 0 aromatic heterocycles. The molecule has 1 amide bonds.